The van der Waals surface area contributed by atoms with Gasteiger partial charge in [-0.1, -0.05) is 0 Å². The third-order valence-electron chi connectivity index (χ3n) is 1.42. The van der Waals surface area contributed by atoms with Crippen LogP contribution in [0.5, 0.6) is 0 Å². The van der Waals surface area contributed by atoms with Crippen LogP contribution in [0, 0.1) is 0 Å². The predicted octanol–water partition coefficient (Wildman–Crippen LogP) is -2.18. The van der Waals surface area contributed by atoms with Crippen molar-refractivity contribution in [2.24, 2.45) is 0 Å². The van der Waals surface area contributed by atoms with E-state index in [9.17, 15) is 4.79 Å². The van der Waals surface area contributed by atoms with E-state index in [0.29, 0.717) is 6.54 Å². The summed E-state index contributed by atoms with van der Waals surface area (Å²) in [6.07, 6.45) is -3.29. The van der Waals surface area contributed by atoms with Crippen molar-refractivity contribution in [2.75, 3.05) is 19.6 Å². The maximum absolute atomic E-state index is 10.7. The lowest BCUT2D eigenvalue weighted by Crippen LogP contribution is -2.34. The van der Waals surface area contributed by atoms with E-state index < -0.39 is 12.1 Å². The van der Waals surface area contributed by atoms with Gasteiger partial charge >= 0.3 is 12.1 Å². The van der Waals surface area contributed by atoms with E-state index in [1.54, 1.807) is 0 Å². The van der Waals surface area contributed by atoms with E-state index in [0.717, 1.165) is 13.1 Å². The molecule has 1 saturated heterocycles. The number of rotatable bonds is 4. The molecule has 0 atom stereocenters. The van der Waals surface area contributed by atoms with Crippen molar-refractivity contribution in [3.63, 3.8) is 0 Å². The summed E-state index contributed by atoms with van der Waals surface area (Å²) in [6, 6.07) is 0. The zero-order valence-corrected chi connectivity index (χ0v) is 6.43. The molecule has 6 heteroatoms. The van der Waals surface area contributed by atoms with Crippen molar-refractivity contribution in [1.29, 1.82) is 0 Å². The van der Waals surface area contributed by atoms with Gasteiger partial charge in [-0.05, 0) is 0 Å². The summed E-state index contributed by atoms with van der Waals surface area (Å²) in [5.41, 5.74) is 0. The van der Waals surface area contributed by atoms with Crippen molar-refractivity contribution in [1.82, 2.24) is 4.90 Å². The molecule has 1 heterocycles. The number of nitrogens with zero attached hydrogens (tertiary/aromatic N) is 1. The van der Waals surface area contributed by atoms with Crippen LogP contribution in [0.3, 0.4) is 0 Å². The first-order chi connectivity index (χ1) is 5.47. The summed E-state index contributed by atoms with van der Waals surface area (Å²) in [6.45, 7) is 2.43. The summed E-state index contributed by atoms with van der Waals surface area (Å²) in [7, 11) is 0. The summed E-state index contributed by atoms with van der Waals surface area (Å²) >= 11 is 0. The largest absolute Gasteiger partial charge is 0.455 e. The average Bonchev–Trinajstić information content (AvgIpc) is 2.61. The third-order valence-corrected chi connectivity index (χ3v) is 1.42. The number of carbonyl (C=O) groups excluding carboxylic acids is 1. The first-order valence-corrected chi connectivity index (χ1v) is 3.59. The molecule has 1 aliphatic heterocycles. The molecule has 0 spiro atoms. The van der Waals surface area contributed by atoms with Gasteiger partial charge in [0.25, 0.3) is 0 Å². The van der Waals surface area contributed by atoms with Crippen LogP contribution < -0.4 is 0 Å². The van der Waals surface area contributed by atoms with Gasteiger partial charge in [0, 0.05) is 19.6 Å². The lowest BCUT2D eigenvalue weighted by Gasteiger charge is -2.13. The predicted molar refractivity (Wildman–Crippen MR) is 36.5 cm³/mol. The minimum absolute atomic E-state index is 0.0451. The van der Waals surface area contributed by atoms with Crippen molar-refractivity contribution in [3.8, 4) is 0 Å². The SMILES string of the molecule is O=C(CCN1CC1)OC(O)(O)O. The lowest BCUT2D eigenvalue weighted by molar-refractivity contribution is -0.435. The van der Waals surface area contributed by atoms with Crippen LogP contribution in [0.2, 0.25) is 0 Å². The highest BCUT2D eigenvalue weighted by Crippen LogP contribution is 2.05. The van der Waals surface area contributed by atoms with Gasteiger partial charge in [-0.3, -0.25) is 4.79 Å². The molecule has 0 bridgehead atoms. The van der Waals surface area contributed by atoms with E-state index in [1.807, 2.05) is 4.90 Å². The zero-order valence-electron chi connectivity index (χ0n) is 6.43. The van der Waals surface area contributed by atoms with Gasteiger partial charge in [-0.25, -0.2) is 0 Å². The number of hydrogen-bond acceptors (Lipinski definition) is 6. The average molecular weight is 177 g/mol. The Morgan fingerprint density at radius 1 is 1.42 bits per heavy atom. The number of hydrogen-bond donors (Lipinski definition) is 3. The molecule has 0 aromatic heterocycles. The zero-order chi connectivity index (χ0) is 9.19. The maximum atomic E-state index is 10.7. The fourth-order valence-electron chi connectivity index (χ4n) is 0.747. The van der Waals surface area contributed by atoms with E-state index in [2.05, 4.69) is 4.74 Å². The smallest absolute Gasteiger partial charge is 0.384 e. The van der Waals surface area contributed by atoms with E-state index >= 15 is 0 Å². The van der Waals surface area contributed by atoms with Crippen LogP contribution in [0.25, 0.3) is 0 Å². The van der Waals surface area contributed by atoms with Crippen molar-refractivity contribution in [3.05, 3.63) is 0 Å². The Kier molecular flexibility index (Phi) is 2.63. The molecule has 12 heavy (non-hydrogen) atoms. The molecule has 0 saturated carbocycles. The number of esters is 1. The molecule has 1 fully saturated rings. The van der Waals surface area contributed by atoms with Gasteiger partial charge < -0.3 is 25.0 Å². The molecule has 1 rings (SSSR count). The molecule has 0 unspecified atom stereocenters. The van der Waals surface area contributed by atoms with E-state index in [1.165, 1.54) is 0 Å². The Balaban J connectivity index is 2.10. The molecule has 0 radical (unpaired) electrons. The Morgan fingerprint density at radius 2 is 2.00 bits per heavy atom. The normalized spacial score (nSPS) is 17.6. The Morgan fingerprint density at radius 3 is 2.42 bits per heavy atom. The van der Waals surface area contributed by atoms with Gasteiger partial charge in [0.2, 0.25) is 0 Å². The minimum Gasteiger partial charge on any atom is -0.384 e. The standard InChI is InChI=1S/C6H11NO5/c8-5(12-6(9,10)11)1-2-7-3-4-7/h9-11H,1-4H2. The highest BCUT2D eigenvalue weighted by Gasteiger charge is 2.25. The lowest BCUT2D eigenvalue weighted by atomic mass is 10.4. The van der Waals surface area contributed by atoms with Crippen molar-refractivity contribution >= 4 is 5.97 Å². The van der Waals surface area contributed by atoms with Crippen molar-refractivity contribution < 1.29 is 24.9 Å². The van der Waals surface area contributed by atoms with Gasteiger partial charge in [-0.2, -0.15) is 0 Å². The first kappa shape index (κ1) is 9.40. The van der Waals surface area contributed by atoms with Crippen molar-refractivity contribution in [2.45, 2.75) is 12.6 Å². The Labute approximate surface area is 69.0 Å². The summed E-state index contributed by atoms with van der Waals surface area (Å²) in [5.74, 6) is -0.839. The molecular weight excluding hydrogens is 166 g/mol. The van der Waals surface area contributed by atoms with Crippen LogP contribution in [-0.4, -0.2) is 52.0 Å². The molecular formula is C6H11NO5. The molecule has 1 aliphatic rings. The Bertz CT molecular complexity index is 171. The second-order valence-electron chi connectivity index (χ2n) is 2.64. The van der Waals surface area contributed by atoms with E-state index in [-0.39, 0.29) is 6.42 Å². The molecule has 0 amide bonds. The summed E-state index contributed by atoms with van der Waals surface area (Å²) in [5, 5.41) is 24.7. The molecule has 70 valence electrons. The minimum atomic E-state index is -3.34. The monoisotopic (exact) mass is 177 g/mol. The van der Waals surface area contributed by atoms with Gasteiger partial charge in [0.15, 0.2) is 0 Å². The fourth-order valence-corrected chi connectivity index (χ4v) is 0.747. The first-order valence-electron chi connectivity index (χ1n) is 3.59. The topological polar surface area (TPSA) is 90.0 Å². The van der Waals surface area contributed by atoms with Crippen LogP contribution in [0.4, 0.5) is 0 Å². The molecule has 0 aromatic rings. The molecule has 0 aromatic carbocycles. The molecule has 0 aliphatic carbocycles. The maximum Gasteiger partial charge on any atom is 0.455 e. The van der Waals surface area contributed by atoms with Crippen LogP contribution in [0.15, 0.2) is 0 Å². The second-order valence-corrected chi connectivity index (χ2v) is 2.64. The second kappa shape index (κ2) is 3.36. The Hall–Kier alpha value is -0.690. The number of ether oxygens (including phenoxy) is 1. The van der Waals surface area contributed by atoms with Crippen LogP contribution in [-0.2, 0) is 9.53 Å². The molecule has 6 nitrogen and oxygen atoms in total. The summed E-state index contributed by atoms with van der Waals surface area (Å²) < 4.78 is 3.82. The third kappa shape index (κ3) is 4.24. The van der Waals surface area contributed by atoms with Crippen LogP contribution in [0.1, 0.15) is 6.42 Å². The van der Waals surface area contributed by atoms with Gasteiger partial charge in [-0.15, -0.1) is 0 Å². The number of aliphatic hydroxyl groups is 3. The quantitative estimate of drug-likeness (QED) is 0.257. The van der Waals surface area contributed by atoms with E-state index in [4.69, 9.17) is 15.3 Å². The summed E-state index contributed by atoms with van der Waals surface area (Å²) in [4.78, 5) is 12.6. The highest BCUT2D eigenvalue weighted by atomic mass is 16.9. The highest BCUT2D eigenvalue weighted by molar-refractivity contribution is 5.69. The number of carbonyl (C=O) groups is 1. The fraction of sp³-hybridized carbons (Fsp3) is 0.833. The van der Waals surface area contributed by atoms with Crippen LogP contribution >= 0.6 is 0 Å². The van der Waals surface area contributed by atoms with Gasteiger partial charge in [0.1, 0.15) is 0 Å². The van der Waals surface area contributed by atoms with Gasteiger partial charge in [0.05, 0.1) is 6.42 Å². The molecule has 3 N–H and O–H groups in total.